The Bertz CT molecular complexity index is 169. The average molecular weight is 142 g/mol. The molecule has 0 atom stereocenters. The van der Waals surface area contributed by atoms with Crippen LogP contribution in [0.4, 0.5) is 0 Å². The van der Waals surface area contributed by atoms with Gasteiger partial charge in [0.15, 0.2) is 0 Å². The summed E-state index contributed by atoms with van der Waals surface area (Å²) in [6, 6.07) is 3.70. The van der Waals surface area contributed by atoms with Gasteiger partial charge in [0.25, 0.3) is 0 Å². The summed E-state index contributed by atoms with van der Waals surface area (Å²) in [7, 11) is 0. The summed E-state index contributed by atoms with van der Waals surface area (Å²) in [4.78, 5) is 9.15. The fourth-order valence-electron chi connectivity index (χ4n) is 0.392. The van der Waals surface area contributed by atoms with Gasteiger partial charge in [0.1, 0.15) is 6.26 Å². The van der Waals surface area contributed by atoms with E-state index in [1.807, 2.05) is 17.5 Å². The van der Waals surface area contributed by atoms with Gasteiger partial charge in [-0.3, -0.25) is 9.78 Å². The average Bonchev–Trinajstić information content (AvgIpc) is 2.34. The first-order valence-electron chi connectivity index (χ1n) is 2.41. The second kappa shape index (κ2) is 3.14. The van der Waals surface area contributed by atoms with Crippen molar-refractivity contribution in [1.82, 2.24) is 0 Å². The van der Waals surface area contributed by atoms with Crippen molar-refractivity contribution in [2.75, 3.05) is 0 Å². The molecule has 1 rings (SSSR count). The first kappa shape index (κ1) is 6.16. The number of rotatable bonds is 3. The highest BCUT2D eigenvalue weighted by Crippen LogP contribution is 2.17. The maximum atomic E-state index is 4.70. The van der Waals surface area contributed by atoms with Crippen molar-refractivity contribution in [3.63, 3.8) is 0 Å². The molecular formula is C6H6O2S. The molecule has 0 N–H and O–H groups in total. The first-order chi connectivity index (χ1) is 4.43. The third kappa shape index (κ3) is 1.77. The van der Waals surface area contributed by atoms with Crippen molar-refractivity contribution in [1.29, 1.82) is 0 Å². The van der Waals surface area contributed by atoms with Crippen LogP contribution in [-0.2, 0) is 4.89 Å². The maximum Gasteiger partial charge on any atom is 0.232 e. The highest BCUT2D eigenvalue weighted by molar-refractivity contribution is 7.11. The van der Waals surface area contributed by atoms with Crippen LogP contribution in [0.2, 0.25) is 0 Å². The van der Waals surface area contributed by atoms with E-state index in [9.17, 15) is 0 Å². The minimum Gasteiger partial charge on any atom is -0.298 e. The lowest BCUT2D eigenvalue weighted by molar-refractivity contribution is -0.145. The molecule has 0 saturated carbocycles. The maximum absolute atomic E-state index is 4.70. The summed E-state index contributed by atoms with van der Waals surface area (Å²) in [5, 5.41) is 2.64. The molecule has 0 aliphatic carbocycles. The molecule has 0 aliphatic rings. The zero-order valence-corrected chi connectivity index (χ0v) is 5.56. The summed E-state index contributed by atoms with van der Waals surface area (Å²) in [5.74, 6) is 0. The van der Waals surface area contributed by atoms with Crippen molar-refractivity contribution >= 4 is 11.3 Å². The van der Waals surface area contributed by atoms with Gasteiger partial charge < -0.3 is 0 Å². The lowest BCUT2D eigenvalue weighted by atomic mass is 10.7. The molecular weight excluding hydrogens is 136 g/mol. The van der Waals surface area contributed by atoms with E-state index >= 15 is 0 Å². The molecule has 1 aromatic heterocycles. The van der Waals surface area contributed by atoms with E-state index in [2.05, 4.69) is 11.5 Å². The van der Waals surface area contributed by atoms with Crippen LogP contribution in [-0.4, -0.2) is 0 Å². The SMILES string of the molecule is C=COOc1cccs1. The predicted octanol–water partition coefficient (Wildman–Crippen LogP) is 2.20. The summed E-state index contributed by atoms with van der Waals surface area (Å²) in [6.07, 6.45) is 1.24. The zero-order valence-electron chi connectivity index (χ0n) is 4.74. The second-order valence-corrected chi connectivity index (χ2v) is 2.19. The summed E-state index contributed by atoms with van der Waals surface area (Å²) in [6.45, 7) is 3.32. The van der Waals surface area contributed by atoms with Crippen molar-refractivity contribution in [2.45, 2.75) is 0 Å². The predicted molar refractivity (Wildman–Crippen MR) is 36.2 cm³/mol. The Balaban J connectivity index is 2.38. The van der Waals surface area contributed by atoms with Gasteiger partial charge in [-0.25, -0.2) is 0 Å². The van der Waals surface area contributed by atoms with E-state index in [1.165, 1.54) is 17.6 Å². The molecule has 48 valence electrons. The smallest absolute Gasteiger partial charge is 0.232 e. The van der Waals surface area contributed by atoms with Crippen LogP contribution in [0.5, 0.6) is 5.06 Å². The topological polar surface area (TPSA) is 18.5 Å². The van der Waals surface area contributed by atoms with Crippen LogP contribution in [0.1, 0.15) is 0 Å². The molecule has 2 nitrogen and oxygen atoms in total. The summed E-state index contributed by atoms with van der Waals surface area (Å²) < 4.78 is 0. The standard InChI is InChI=1S/C6H6O2S/c1-2-7-8-6-4-3-5-9-6/h2-5H,1H2. The number of thiophene rings is 1. The lowest BCUT2D eigenvalue weighted by Crippen LogP contribution is -1.84. The molecule has 1 heterocycles. The lowest BCUT2D eigenvalue weighted by Gasteiger charge is -1.94. The van der Waals surface area contributed by atoms with E-state index in [0.717, 1.165) is 5.06 Å². The number of hydrogen-bond donors (Lipinski definition) is 0. The highest BCUT2D eigenvalue weighted by Gasteiger charge is 1.89. The van der Waals surface area contributed by atoms with Crippen molar-refractivity contribution in [3.8, 4) is 5.06 Å². The van der Waals surface area contributed by atoms with Gasteiger partial charge in [-0.05, 0) is 17.5 Å². The van der Waals surface area contributed by atoms with Crippen molar-refractivity contribution in [3.05, 3.63) is 30.4 Å². The Kier molecular flexibility index (Phi) is 2.15. The molecule has 3 heteroatoms. The van der Waals surface area contributed by atoms with Crippen LogP contribution in [0.3, 0.4) is 0 Å². The van der Waals surface area contributed by atoms with Gasteiger partial charge in [-0.2, -0.15) is 0 Å². The second-order valence-electron chi connectivity index (χ2n) is 1.28. The minimum absolute atomic E-state index is 0.731. The third-order valence-corrected chi connectivity index (χ3v) is 1.42. The van der Waals surface area contributed by atoms with Gasteiger partial charge in [-0.15, -0.1) is 11.3 Å². The van der Waals surface area contributed by atoms with Gasteiger partial charge >= 0.3 is 0 Å². The minimum atomic E-state index is 0.731. The van der Waals surface area contributed by atoms with Gasteiger partial charge in [0, 0.05) is 0 Å². The van der Waals surface area contributed by atoms with Gasteiger partial charge in [0.2, 0.25) is 5.06 Å². The van der Waals surface area contributed by atoms with Gasteiger partial charge in [-0.1, -0.05) is 6.58 Å². The molecule has 0 unspecified atom stereocenters. The van der Waals surface area contributed by atoms with Crippen LogP contribution in [0.15, 0.2) is 30.4 Å². The van der Waals surface area contributed by atoms with E-state index in [1.54, 1.807) is 0 Å². The van der Waals surface area contributed by atoms with Crippen molar-refractivity contribution in [2.24, 2.45) is 0 Å². The Morgan fingerprint density at radius 1 is 1.67 bits per heavy atom. The fourth-order valence-corrected chi connectivity index (χ4v) is 0.919. The Morgan fingerprint density at radius 3 is 3.11 bits per heavy atom. The normalized spacial score (nSPS) is 8.44. The Morgan fingerprint density at radius 2 is 2.56 bits per heavy atom. The largest absolute Gasteiger partial charge is 0.298 e. The van der Waals surface area contributed by atoms with Crippen LogP contribution >= 0.6 is 11.3 Å². The molecule has 0 saturated heterocycles. The van der Waals surface area contributed by atoms with E-state index < -0.39 is 0 Å². The molecule has 0 aliphatic heterocycles. The number of hydrogen-bond acceptors (Lipinski definition) is 3. The van der Waals surface area contributed by atoms with Crippen LogP contribution in [0.25, 0.3) is 0 Å². The monoisotopic (exact) mass is 142 g/mol. The molecule has 9 heavy (non-hydrogen) atoms. The molecule has 0 spiro atoms. The van der Waals surface area contributed by atoms with Crippen molar-refractivity contribution < 1.29 is 9.78 Å². The molecule has 0 aromatic carbocycles. The molecule has 0 bridgehead atoms. The Hall–Kier alpha value is -0.960. The molecule has 1 aromatic rings. The molecule has 0 amide bonds. The highest BCUT2D eigenvalue weighted by atomic mass is 32.1. The van der Waals surface area contributed by atoms with Crippen LogP contribution < -0.4 is 4.89 Å². The van der Waals surface area contributed by atoms with Crippen LogP contribution in [0, 0.1) is 0 Å². The van der Waals surface area contributed by atoms with Gasteiger partial charge in [0.05, 0.1) is 0 Å². The third-order valence-electron chi connectivity index (χ3n) is 0.693. The van der Waals surface area contributed by atoms with E-state index in [4.69, 9.17) is 4.89 Å². The fraction of sp³-hybridized carbons (Fsp3) is 0. The summed E-state index contributed by atoms with van der Waals surface area (Å²) >= 11 is 1.47. The zero-order chi connectivity index (χ0) is 6.53. The Labute approximate surface area is 57.3 Å². The van der Waals surface area contributed by atoms with E-state index in [-0.39, 0.29) is 0 Å². The summed E-state index contributed by atoms with van der Waals surface area (Å²) in [5.41, 5.74) is 0. The molecule has 0 fully saturated rings. The first-order valence-corrected chi connectivity index (χ1v) is 3.29. The van der Waals surface area contributed by atoms with E-state index in [0.29, 0.717) is 0 Å². The molecule has 0 radical (unpaired) electrons. The quantitative estimate of drug-likeness (QED) is 0.366.